The maximum Gasteiger partial charge on any atom is 0.310 e. The zero-order valence-corrected chi connectivity index (χ0v) is 13.3. The number of carbonyl (C=O) groups is 2. The molecule has 1 N–H and O–H groups in total. The molecule has 0 bridgehead atoms. The number of fused-ring (bicyclic) bond motifs is 3. The molecule has 1 aliphatic heterocycles. The van der Waals surface area contributed by atoms with E-state index in [1.807, 2.05) is 0 Å². The Bertz CT molecular complexity index is 683. The van der Waals surface area contributed by atoms with Crippen molar-refractivity contribution in [3.8, 4) is 0 Å². The smallest absolute Gasteiger partial charge is 0.310 e. The zero-order valence-electron chi connectivity index (χ0n) is 13.3. The molecule has 1 amide bonds. The molecule has 4 nitrogen and oxygen atoms in total. The molecule has 124 valence electrons. The van der Waals surface area contributed by atoms with Crippen molar-refractivity contribution in [1.82, 2.24) is 0 Å². The molecule has 23 heavy (non-hydrogen) atoms. The van der Waals surface area contributed by atoms with Gasteiger partial charge in [-0.2, -0.15) is 0 Å². The van der Waals surface area contributed by atoms with Crippen molar-refractivity contribution in [3.63, 3.8) is 0 Å². The molecule has 0 aromatic heterocycles. The number of carbonyl (C=O) groups excluding carboxylic acids is 2. The summed E-state index contributed by atoms with van der Waals surface area (Å²) in [7, 11) is 0. The second-order valence-electron chi connectivity index (χ2n) is 7.18. The standard InChI is InChI=1S/C17H19F2NO3/c1-16(2,3)23-14(21)10-7-8-17(19)12(10)9-5-4-6-11(18)13(9)20-15(17)22/h4-6,10,12H,7-8H2,1-3H3,(H,20,22). The maximum absolute atomic E-state index is 15.3. The van der Waals surface area contributed by atoms with E-state index in [2.05, 4.69) is 5.32 Å². The van der Waals surface area contributed by atoms with Gasteiger partial charge in [0.15, 0.2) is 5.67 Å². The van der Waals surface area contributed by atoms with Crippen LogP contribution in [0, 0.1) is 11.7 Å². The predicted octanol–water partition coefficient (Wildman–Crippen LogP) is 3.32. The third kappa shape index (κ3) is 2.50. The molecule has 1 fully saturated rings. The van der Waals surface area contributed by atoms with Crippen LogP contribution >= 0.6 is 0 Å². The Hall–Kier alpha value is -1.98. The monoisotopic (exact) mass is 323 g/mol. The van der Waals surface area contributed by atoms with Gasteiger partial charge in [-0.25, -0.2) is 8.78 Å². The Kier molecular flexibility index (Phi) is 3.46. The average Bonchev–Trinajstić information content (AvgIpc) is 2.78. The number of ether oxygens (including phenoxy) is 1. The number of para-hydroxylation sites is 1. The molecule has 3 unspecified atom stereocenters. The molecule has 0 saturated heterocycles. The molecule has 1 aromatic carbocycles. The number of rotatable bonds is 1. The topological polar surface area (TPSA) is 55.4 Å². The zero-order chi connectivity index (χ0) is 17.0. The van der Waals surface area contributed by atoms with E-state index in [0.717, 1.165) is 0 Å². The maximum atomic E-state index is 15.3. The number of esters is 1. The lowest BCUT2D eigenvalue weighted by atomic mass is 9.77. The van der Waals surface area contributed by atoms with Crippen LogP contribution in [0.15, 0.2) is 18.2 Å². The number of hydrogen-bond donors (Lipinski definition) is 1. The van der Waals surface area contributed by atoms with Gasteiger partial charge in [0.05, 0.1) is 11.6 Å². The minimum Gasteiger partial charge on any atom is -0.460 e. The summed E-state index contributed by atoms with van der Waals surface area (Å²) in [6.07, 6.45) is 0.114. The van der Waals surface area contributed by atoms with Crippen LogP contribution in [0.25, 0.3) is 0 Å². The van der Waals surface area contributed by atoms with Crippen LogP contribution in [0.2, 0.25) is 0 Å². The van der Waals surface area contributed by atoms with Gasteiger partial charge in [0.1, 0.15) is 11.4 Å². The summed E-state index contributed by atoms with van der Waals surface area (Å²) >= 11 is 0. The lowest BCUT2D eigenvalue weighted by molar-refractivity contribution is -0.161. The SMILES string of the molecule is CC(C)(C)OC(=O)C1CCC2(F)C(=O)Nc3c(F)cccc3C12. The highest BCUT2D eigenvalue weighted by molar-refractivity contribution is 6.03. The van der Waals surface area contributed by atoms with E-state index in [1.165, 1.54) is 12.1 Å². The second kappa shape index (κ2) is 5.01. The van der Waals surface area contributed by atoms with Crippen molar-refractivity contribution < 1.29 is 23.1 Å². The van der Waals surface area contributed by atoms with Gasteiger partial charge >= 0.3 is 5.97 Å². The number of halogens is 2. The highest BCUT2D eigenvalue weighted by Gasteiger charge is 2.60. The summed E-state index contributed by atoms with van der Waals surface area (Å²) in [5.41, 5.74) is -2.63. The number of anilines is 1. The summed E-state index contributed by atoms with van der Waals surface area (Å²) in [5, 5.41) is 2.31. The molecular weight excluding hydrogens is 304 g/mol. The number of alkyl halides is 1. The molecule has 1 saturated carbocycles. The first-order valence-corrected chi connectivity index (χ1v) is 7.65. The molecule has 0 spiro atoms. The minimum absolute atomic E-state index is 0.0359. The number of amides is 1. The van der Waals surface area contributed by atoms with Crippen LogP contribution < -0.4 is 5.32 Å². The van der Waals surface area contributed by atoms with E-state index in [9.17, 15) is 14.0 Å². The summed E-state index contributed by atoms with van der Waals surface area (Å²) in [4.78, 5) is 24.6. The Morgan fingerprint density at radius 2 is 2.09 bits per heavy atom. The predicted molar refractivity (Wildman–Crippen MR) is 80.2 cm³/mol. The van der Waals surface area contributed by atoms with Crippen molar-refractivity contribution in [2.75, 3.05) is 5.32 Å². The molecule has 0 radical (unpaired) electrons. The van der Waals surface area contributed by atoms with Gasteiger partial charge < -0.3 is 10.1 Å². The molecule has 1 aliphatic carbocycles. The first kappa shape index (κ1) is 15.9. The third-order valence-electron chi connectivity index (χ3n) is 4.42. The van der Waals surface area contributed by atoms with Gasteiger partial charge in [0, 0.05) is 5.92 Å². The van der Waals surface area contributed by atoms with Crippen molar-refractivity contribution in [3.05, 3.63) is 29.6 Å². The Labute approximate surface area is 133 Å². The molecule has 1 heterocycles. The van der Waals surface area contributed by atoms with Crippen LogP contribution in [0.1, 0.15) is 45.1 Å². The lowest BCUT2D eigenvalue weighted by Gasteiger charge is -2.35. The van der Waals surface area contributed by atoms with Gasteiger partial charge in [0.25, 0.3) is 5.91 Å². The van der Waals surface area contributed by atoms with Crippen LogP contribution in [0.5, 0.6) is 0 Å². The summed E-state index contributed by atoms with van der Waals surface area (Å²) in [6, 6.07) is 4.21. The van der Waals surface area contributed by atoms with Crippen LogP contribution in [0.3, 0.4) is 0 Å². The van der Waals surface area contributed by atoms with E-state index in [4.69, 9.17) is 4.74 Å². The Morgan fingerprint density at radius 1 is 1.39 bits per heavy atom. The second-order valence-corrected chi connectivity index (χ2v) is 7.18. The van der Waals surface area contributed by atoms with Gasteiger partial charge in [-0.15, -0.1) is 0 Å². The molecular formula is C17H19F2NO3. The Balaban J connectivity index is 2.05. The molecule has 6 heteroatoms. The highest BCUT2D eigenvalue weighted by Crippen LogP contribution is 2.55. The van der Waals surface area contributed by atoms with Crippen molar-refractivity contribution in [1.29, 1.82) is 0 Å². The minimum atomic E-state index is -2.21. The van der Waals surface area contributed by atoms with Crippen LogP contribution in [-0.4, -0.2) is 23.1 Å². The van der Waals surface area contributed by atoms with Crippen molar-refractivity contribution in [2.24, 2.45) is 5.92 Å². The number of benzene rings is 1. The fourth-order valence-corrected chi connectivity index (χ4v) is 3.51. The fraction of sp³-hybridized carbons (Fsp3) is 0.529. The summed E-state index contributed by atoms with van der Waals surface area (Å²) < 4.78 is 34.6. The van der Waals surface area contributed by atoms with Crippen LogP contribution in [0.4, 0.5) is 14.5 Å². The normalized spacial score (nSPS) is 29.5. The fourth-order valence-electron chi connectivity index (χ4n) is 3.51. The summed E-state index contributed by atoms with van der Waals surface area (Å²) in [6.45, 7) is 5.18. The van der Waals surface area contributed by atoms with Crippen molar-refractivity contribution >= 4 is 17.6 Å². The van der Waals surface area contributed by atoms with Gasteiger partial charge in [0.2, 0.25) is 0 Å². The molecule has 3 atom stereocenters. The van der Waals surface area contributed by atoms with E-state index >= 15 is 4.39 Å². The quantitative estimate of drug-likeness (QED) is 0.807. The first-order chi connectivity index (χ1) is 10.6. The van der Waals surface area contributed by atoms with Gasteiger partial charge in [-0.1, -0.05) is 12.1 Å². The van der Waals surface area contributed by atoms with E-state index in [-0.39, 0.29) is 18.5 Å². The lowest BCUT2D eigenvalue weighted by Crippen LogP contribution is -2.47. The van der Waals surface area contributed by atoms with Gasteiger partial charge in [-0.05, 0) is 45.2 Å². The van der Waals surface area contributed by atoms with Crippen LogP contribution in [-0.2, 0) is 14.3 Å². The Morgan fingerprint density at radius 3 is 2.74 bits per heavy atom. The van der Waals surface area contributed by atoms with E-state index in [1.54, 1.807) is 26.8 Å². The van der Waals surface area contributed by atoms with E-state index < -0.39 is 40.8 Å². The number of hydrogen-bond acceptors (Lipinski definition) is 3. The van der Waals surface area contributed by atoms with Gasteiger partial charge in [-0.3, -0.25) is 9.59 Å². The average molecular weight is 323 g/mol. The van der Waals surface area contributed by atoms with Crippen molar-refractivity contribution in [2.45, 2.75) is 50.8 Å². The first-order valence-electron chi connectivity index (χ1n) is 7.65. The largest absolute Gasteiger partial charge is 0.460 e. The summed E-state index contributed by atoms with van der Waals surface area (Å²) in [5.74, 6) is -3.88. The highest BCUT2D eigenvalue weighted by atomic mass is 19.1. The molecule has 3 rings (SSSR count). The number of nitrogens with one attached hydrogen (secondary N) is 1. The molecule has 2 aliphatic rings. The molecule has 1 aromatic rings. The third-order valence-corrected chi connectivity index (χ3v) is 4.42. The van der Waals surface area contributed by atoms with E-state index in [0.29, 0.717) is 5.56 Å².